The van der Waals surface area contributed by atoms with E-state index in [4.69, 9.17) is 0 Å². The van der Waals surface area contributed by atoms with Gasteiger partial charge in [-0.3, -0.25) is 9.78 Å². The molecule has 0 aliphatic rings. The summed E-state index contributed by atoms with van der Waals surface area (Å²) in [6.07, 6.45) is 3.16. The highest BCUT2D eigenvalue weighted by molar-refractivity contribution is 9.10. The van der Waals surface area contributed by atoms with Crippen molar-refractivity contribution in [3.05, 3.63) is 64.7 Å². The molecule has 8 heteroatoms. The number of aryl methyl sites for hydroxylation is 1. The molecule has 3 rings (SSSR count). The van der Waals surface area contributed by atoms with Crippen molar-refractivity contribution < 1.29 is 4.79 Å². The van der Waals surface area contributed by atoms with E-state index in [0.29, 0.717) is 22.9 Å². The third-order valence-electron chi connectivity index (χ3n) is 3.58. The lowest BCUT2D eigenvalue weighted by molar-refractivity contribution is 0.102. The normalized spacial score (nSPS) is 10.3. The maximum absolute atomic E-state index is 12.3. The lowest BCUT2D eigenvalue weighted by Gasteiger charge is -2.10. The minimum absolute atomic E-state index is 0.216. The predicted molar refractivity (Wildman–Crippen MR) is 111 cm³/mol. The Balaban J connectivity index is 1.68. The SMILES string of the molecule is CCNc1cc(Nc2ccc(NC(=O)c3cncc(Br)c3)cc2)nc(C)n1. The fraction of sp³-hybridized carbons (Fsp3) is 0.158. The molecule has 0 aliphatic heterocycles. The van der Waals surface area contributed by atoms with Gasteiger partial charge in [0.15, 0.2) is 0 Å². The minimum atomic E-state index is -0.216. The van der Waals surface area contributed by atoms with Crippen LogP contribution in [-0.2, 0) is 0 Å². The number of hydrogen-bond acceptors (Lipinski definition) is 6. The fourth-order valence-corrected chi connectivity index (χ4v) is 2.79. The molecule has 0 radical (unpaired) electrons. The van der Waals surface area contributed by atoms with Crippen LogP contribution < -0.4 is 16.0 Å². The number of benzene rings is 1. The molecule has 1 aromatic carbocycles. The lowest BCUT2D eigenvalue weighted by Crippen LogP contribution is -2.12. The number of rotatable bonds is 6. The molecule has 3 aromatic rings. The van der Waals surface area contributed by atoms with Gasteiger partial charge in [-0.05, 0) is 60.1 Å². The predicted octanol–water partition coefficient (Wildman–Crippen LogP) is 4.37. The van der Waals surface area contributed by atoms with Gasteiger partial charge in [0, 0.05) is 40.9 Å². The summed E-state index contributed by atoms with van der Waals surface area (Å²) < 4.78 is 0.756. The molecule has 0 saturated carbocycles. The van der Waals surface area contributed by atoms with E-state index in [2.05, 4.69) is 46.8 Å². The van der Waals surface area contributed by atoms with Crippen molar-refractivity contribution in [3.63, 3.8) is 0 Å². The molecule has 0 fully saturated rings. The minimum Gasteiger partial charge on any atom is -0.370 e. The number of carbonyl (C=O) groups is 1. The summed E-state index contributed by atoms with van der Waals surface area (Å²) in [7, 11) is 0. The quantitative estimate of drug-likeness (QED) is 0.541. The van der Waals surface area contributed by atoms with Gasteiger partial charge in [-0.2, -0.15) is 0 Å². The maximum atomic E-state index is 12.3. The maximum Gasteiger partial charge on any atom is 0.257 e. The van der Waals surface area contributed by atoms with Crippen molar-refractivity contribution in [2.75, 3.05) is 22.5 Å². The molecule has 0 bridgehead atoms. The number of anilines is 4. The van der Waals surface area contributed by atoms with Crippen molar-refractivity contribution in [1.29, 1.82) is 0 Å². The fourth-order valence-electron chi connectivity index (χ4n) is 2.43. The van der Waals surface area contributed by atoms with Crippen molar-refractivity contribution in [3.8, 4) is 0 Å². The number of nitrogens with one attached hydrogen (secondary N) is 3. The van der Waals surface area contributed by atoms with Crippen molar-refractivity contribution in [1.82, 2.24) is 15.0 Å². The highest BCUT2D eigenvalue weighted by atomic mass is 79.9. The van der Waals surface area contributed by atoms with Gasteiger partial charge in [0.2, 0.25) is 0 Å². The number of hydrogen-bond donors (Lipinski definition) is 3. The van der Waals surface area contributed by atoms with E-state index in [0.717, 1.165) is 22.5 Å². The van der Waals surface area contributed by atoms with Crippen LogP contribution in [-0.4, -0.2) is 27.4 Å². The lowest BCUT2D eigenvalue weighted by atomic mass is 10.2. The van der Waals surface area contributed by atoms with Gasteiger partial charge in [0.05, 0.1) is 5.56 Å². The summed E-state index contributed by atoms with van der Waals surface area (Å²) in [6, 6.07) is 11.0. The van der Waals surface area contributed by atoms with Crippen LogP contribution >= 0.6 is 15.9 Å². The molecule has 0 spiro atoms. The highest BCUT2D eigenvalue weighted by Gasteiger charge is 2.07. The Morgan fingerprint density at radius 1 is 1.04 bits per heavy atom. The third-order valence-corrected chi connectivity index (χ3v) is 4.01. The Kier molecular flexibility index (Phi) is 5.97. The number of halogens is 1. The van der Waals surface area contributed by atoms with Crippen LogP contribution in [0, 0.1) is 6.92 Å². The van der Waals surface area contributed by atoms with Gasteiger partial charge in [-0.25, -0.2) is 9.97 Å². The van der Waals surface area contributed by atoms with E-state index >= 15 is 0 Å². The number of aromatic nitrogens is 3. The summed E-state index contributed by atoms with van der Waals surface area (Å²) in [5, 5.41) is 9.27. The first-order valence-corrected chi connectivity index (χ1v) is 9.21. The first-order chi connectivity index (χ1) is 13.0. The van der Waals surface area contributed by atoms with Gasteiger partial charge in [0.25, 0.3) is 5.91 Å². The molecule has 0 aliphatic carbocycles. The molecule has 0 unspecified atom stereocenters. The summed E-state index contributed by atoms with van der Waals surface area (Å²) in [6.45, 7) is 4.65. The van der Waals surface area contributed by atoms with E-state index in [1.165, 1.54) is 6.20 Å². The zero-order valence-corrected chi connectivity index (χ0v) is 16.5. The van der Waals surface area contributed by atoms with E-state index in [-0.39, 0.29) is 5.91 Å². The molecule has 1 amide bonds. The van der Waals surface area contributed by atoms with Gasteiger partial charge in [-0.15, -0.1) is 0 Å². The van der Waals surface area contributed by atoms with Gasteiger partial charge in [0.1, 0.15) is 17.5 Å². The number of pyridine rings is 1. The van der Waals surface area contributed by atoms with Gasteiger partial charge in [-0.1, -0.05) is 0 Å². The zero-order chi connectivity index (χ0) is 19.2. The summed E-state index contributed by atoms with van der Waals surface area (Å²) >= 11 is 3.31. The average Bonchev–Trinajstić information content (AvgIpc) is 2.63. The molecule has 3 N–H and O–H groups in total. The van der Waals surface area contributed by atoms with Crippen LogP contribution in [0.15, 0.2) is 53.3 Å². The van der Waals surface area contributed by atoms with Gasteiger partial charge < -0.3 is 16.0 Å². The van der Waals surface area contributed by atoms with Crippen LogP contribution in [0.5, 0.6) is 0 Å². The molecule has 138 valence electrons. The second-order valence-corrected chi connectivity index (χ2v) is 6.68. The largest absolute Gasteiger partial charge is 0.370 e. The molecule has 0 saturated heterocycles. The first-order valence-electron chi connectivity index (χ1n) is 8.42. The second kappa shape index (κ2) is 8.59. The Morgan fingerprint density at radius 3 is 2.44 bits per heavy atom. The van der Waals surface area contributed by atoms with E-state index in [1.54, 1.807) is 12.3 Å². The van der Waals surface area contributed by atoms with Crippen LogP contribution in [0.2, 0.25) is 0 Å². The van der Waals surface area contributed by atoms with E-state index in [9.17, 15) is 4.79 Å². The van der Waals surface area contributed by atoms with Crippen molar-refractivity contribution >= 4 is 44.8 Å². The number of amides is 1. The van der Waals surface area contributed by atoms with Crippen LogP contribution in [0.4, 0.5) is 23.0 Å². The Morgan fingerprint density at radius 2 is 1.74 bits per heavy atom. The standard InChI is InChI=1S/C19H19BrN6O/c1-3-22-17-9-18(24-12(2)23-17)25-15-4-6-16(7-5-15)26-19(27)13-8-14(20)11-21-10-13/h4-11H,3H2,1-2H3,(H,26,27)(H2,22,23,24,25). The van der Waals surface area contributed by atoms with Crippen LogP contribution in [0.25, 0.3) is 0 Å². The highest BCUT2D eigenvalue weighted by Crippen LogP contribution is 2.20. The Hall–Kier alpha value is -3.00. The van der Waals surface area contributed by atoms with E-state index < -0.39 is 0 Å². The van der Waals surface area contributed by atoms with Gasteiger partial charge >= 0.3 is 0 Å². The second-order valence-electron chi connectivity index (χ2n) is 5.76. The topological polar surface area (TPSA) is 91.8 Å². The third kappa shape index (κ3) is 5.24. The summed E-state index contributed by atoms with van der Waals surface area (Å²) in [5.41, 5.74) is 2.04. The first kappa shape index (κ1) is 18.8. The monoisotopic (exact) mass is 426 g/mol. The Bertz CT molecular complexity index is 945. The Labute approximate surface area is 165 Å². The molecular weight excluding hydrogens is 408 g/mol. The molecule has 0 atom stereocenters. The molecular formula is C19H19BrN6O. The molecule has 7 nitrogen and oxygen atoms in total. The van der Waals surface area contributed by atoms with Crippen LogP contribution in [0.1, 0.15) is 23.1 Å². The average molecular weight is 427 g/mol. The zero-order valence-electron chi connectivity index (χ0n) is 15.0. The smallest absolute Gasteiger partial charge is 0.257 e. The molecule has 2 heterocycles. The number of carbonyl (C=O) groups excluding carboxylic acids is 1. The van der Waals surface area contributed by atoms with Crippen molar-refractivity contribution in [2.24, 2.45) is 0 Å². The molecule has 2 aromatic heterocycles. The van der Waals surface area contributed by atoms with E-state index in [1.807, 2.05) is 44.2 Å². The van der Waals surface area contributed by atoms with Crippen LogP contribution in [0.3, 0.4) is 0 Å². The summed E-state index contributed by atoms with van der Waals surface area (Å²) in [5.74, 6) is 1.95. The number of nitrogens with zero attached hydrogens (tertiary/aromatic N) is 3. The van der Waals surface area contributed by atoms with Crippen molar-refractivity contribution in [2.45, 2.75) is 13.8 Å². The summed E-state index contributed by atoms with van der Waals surface area (Å²) in [4.78, 5) is 25.0. The molecule has 27 heavy (non-hydrogen) atoms.